The van der Waals surface area contributed by atoms with E-state index in [1.807, 2.05) is 7.11 Å². The first-order chi connectivity index (χ1) is 9.02. The molecule has 2 heterocycles. The summed E-state index contributed by atoms with van der Waals surface area (Å²) in [6.07, 6.45) is 6.72. The van der Waals surface area contributed by atoms with Gasteiger partial charge in [0.15, 0.2) is 0 Å². The highest BCUT2D eigenvalue weighted by atomic mass is 16.6. The molecule has 0 N–H and O–H groups in total. The molecule has 0 aromatic carbocycles. The Labute approximate surface area is 117 Å². The van der Waals surface area contributed by atoms with Crippen LogP contribution in [-0.2, 0) is 14.2 Å². The van der Waals surface area contributed by atoms with Crippen LogP contribution in [0.2, 0.25) is 0 Å². The third kappa shape index (κ3) is 2.34. The maximum absolute atomic E-state index is 6.14. The van der Waals surface area contributed by atoms with Gasteiger partial charge in [-0.15, -0.1) is 0 Å². The van der Waals surface area contributed by atoms with Gasteiger partial charge in [-0.05, 0) is 44.9 Å². The molecule has 2 aliphatic heterocycles. The van der Waals surface area contributed by atoms with Gasteiger partial charge in [-0.1, -0.05) is 13.8 Å². The lowest BCUT2D eigenvalue weighted by Gasteiger charge is -2.38. The van der Waals surface area contributed by atoms with Crippen LogP contribution >= 0.6 is 0 Å². The average molecular weight is 268 g/mol. The fourth-order valence-electron chi connectivity index (χ4n) is 4.20. The molecule has 1 saturated carbocycles. The highest BCUT2D eigenvalue weighted by molar-refractivity contribution is 5.17. The Bertz CT molecular complexity index is 337. The Morgan fingerprint density at radius 3 is 2.68 bits per heavy atom. The third-order valence-corrected chi connectivity index (χ3v) is 5.45. The van der Waals surface area contributed by atoms with Crippen molar-refractivity contribution in [2.75, 3.05) is 13.7 Å². The van der Waals surface area contributed by atoms with Crippen molar-refractivity contribution in [1.29, 1.82) is 0 Å². The minimum absolute atomic E-state index is 0.00745. The zero-order valence-corrected chi connectivity index (χ0v) is 12.8. The largest absolute Gasteiger partial charge is 0.381 e. The van der Waals surface area contributed by atoms with E-state index in [1.54, 1.807) is 0 Å². The summed E-state index contributed by atoms with van der Waals surface area (Å²) in [4.78, 5) is 0. The van der Waals surface area contributed by atoms with E-state index in [2.05, 4.69) is 20.8 Å². The van der Waals surface area contributed by atoms with E-state index >= 15 is 0 Å². The van der Waals surface area contributed by atoms with Gasteiger partial charge in [0.1, 0.15) is 5.60 Å². The molecule has 3 nitrogen and oxygen atoms in total. The van der Waals surface area contributed by atoms with E-state index in [0.29, 0.717) is 18.1 Å². The van der Waals surface area contributed by atoms with Crippen molar-refractivity contribution in [2.24, 2.45) is 11.8 Å². The molecule has 0 unspecified atom stereocenters. The molecule has 0 amide bonds. The van der Waals surface area contributed by atoms with Gasteiger partial charge in [-0.2, -0.15) is 0 Å². The van der Waals surface area contributed by atoms with Crippen molar-refractivity contribution in [3.63, 3.8) is 0 Å². The van der Waals surface area contributed by atoms with E-state index in [0.717, 1.165) is 18.9 Å². The second kappa shape index (κ2) is 4.71. The van der Waals surface area contributed by atoms with Crippen molar-refractivity contribution in [2.45, 2.75) is 76.3 Å². The second-order valence-corrected chi connectivity index (χ2v) is 7.26. The van der Waals surface area contributed by atoms with Gasteiger partial charge in [0.25, 0.3) is 0 Å². The van der Waals surface area contributed by atoms with Gasteiger partial charge in [-0.25, -0.2) is 0 Å². The number of hydrogen-bond donors (Lipinski definition) is 0. The quantitative estimate of drug-likeness (QED) is 0.718. The lowest BCUT2D eigenvalue weighted by atomic mass is 9.69. The molecule has 3 fully saturated rings. The Balaban J connectivity index is 1.69. The maximum atomic E-state index is 6.14. The first-order valence-corrected chi connectivity index (χ1v) is 7.86. The van der Waals surface area contributed by atoms with Gasteiger partial charge < -0.3 is 14.2 Å². The molecule has 0 radical (unpaired) electrons. The standard InChI is InChI=1S/C16H28O3/c1-11(2)7-8-13-15(3,19-13)14-12(17-4)6-5-9-16(14)10-18-16/h11-14H,5-10H2,1-4H3/t12-,13+,14+,15-,16-/m0/s1. The van der Waals surface area contributed by atoms with Crippen molar-refractivity contribution >= 4 is 0 Å². The smallest absolute Gasteiger partial charge is 0.100 e. The first kappa shape index (κ1) is 13.8. The lowest BCUT2D eigenvalue weighted by Crippen LogP contribution is -2.48. The van der Waals surface area contributed by atoms with Gasteiger partial charge in [-0.3, -0.25) is 0 Å². The summed E-state index contributed by atoms with van der Waals surface area (Å²) >= 11 is 0. The number of methoxy groups -OCH3 is 1. The van der Waals surface area contributed by atoms with E-state index in [1.165, 1.54) is 25.7 Å². The molecular formula is C16H28O3. The predicted molar refractivity (Wildman–Crippen MR) is 74.2 cm³/mol. The monoisotopic (exact) mass is 268 g/mol. The Morgan fingerprint density at radius 2 is 2.11 bits per heavy atom. The zero-order chi connectivity index (χ0) is 13.7. The van der Waals surface area contributed by atoms with Crippen molar-refractivity contribution < 1.29 is 14.2 Å². The molecule has 3 heteroatoms. The van der Waals surface area contributed by atoms with Gasteiger partial charge in [0, 0.05) is 13.0 Å². The van der Waals surface area contributed by atoms with Crippen LogP contribution < -0.4 is 0 Å². The molecule has 1 spiro atoms. The first-order valence-electron chi connectivity index (χ1n) is 7.86. The van der Waals surface area contributed by atoms with Gasteiger partial charge >= 0.3 is 0 Å². The number of hydrogen-bond acceptors (Lipinski definition) is 3. The lowest BCUT2D eigenvalue weighted by molar-refractivity contribution is -0.0492. The SMILES string of the molecule is CO[C@H]1CCC[C@]2(CO2)[C@H]1[C@@]1(C)O[C@@H]1CCC(C)C. The molecule has 0 aromatic heterocycles. The molecule has 1 aliphatic carbocycles. The van der Waals surface area contributed by atoms with E-state index in [-0.39, 0.29) is 11.2 Å². The summed E-state index contributed by atoms with van der Waals surface area (Å²) in [5.41, 5.74) is 0.0761. The molecule has 19 heavy (non-hydrogen) atoms. The number of rotatable bonds is 5. The normalized spacial score (nSPS) is 48.8. The summed E-state index contributed by atoms with van der Waals surface area (Å²) in [7, 11) is 1.84. The molecule has 0 aromatic rings. The van der Waals surface area contributed by atoms with Crippen LogP contribution in [0, 0.1) is 11.8 Å². The maximum Gasteiger partial charge on any atom is 0.100 e. The van der Waals surface area contributed by atoms with Crippen LogP contribution in [0.5, 0.6) is 0 Å². The molecule has 5 atom stereocenters. The Hall–Kier alpha value is -0.120. The van der Waals surface area contributed by atoms with Gasteiger partial charge in [0.2, 0.25) is 0 Å². The molecule has 3 rings (SSSR count). The molecule has 0 bridgehead atoms. The highest BCUT2D eigenvalue weighted by Crippen LogP contribution is 2.59. The molecule has 2 saturated heterocycles. The van der Waals surface area contributed by atoms with Crippen LogP contribution in [0.3, 0.4) is 0 Å². The van der Waals surface area contributed by atoms with Crippen LogP contribution in [0.1, 0.15) is 52.9 Å². The fourth-order valence-corrected chi connectivity index (χ4v) is 4.20. The minimum Gasteiger partial charge on any atom is -0.381 e. The van der Waals surface area contributed by atoms with E-state index in [9.17, 15) is 0 Å². The van der Waals surface area contributed by atoms with E-state index in [4.69, 9.17) is 14.2 Å². The number of epoxide rings is 2. The second-order valence-electron chi connectivity index (χ2n) is 7.26. The molecule has 110 valence electrons. The summed E-state index contributed by atoms with van der Waals surface area (Å²) in [6.45, 7) is 7.75. The van der Waals surface area contributed by atoms with Crippen molar-refractivity contribution in [3.8, 4) is 0 Å². The molecule has 3 aliphatic rings. The average Bonchev–Trinajstić information content (AvgIpc) is 3.26. The summed E-state index contributed by atoms with van der Waals surface area (Å²) in [6, 6.07) is 0. The van der Waals surface area contributed by atoms with Gasteiger partial charge in [0.05, 0.1) is 24.4 Å². The third-order valence-electron chi connectivity index (χ3n) is 5.45. The zero-order valence-electron chi connectivity index (χ0n) is 12.8. The topological polar surface area (TPSA) is 34.3 Å². The van der Waals surface area contributed by atoms with Crippen molar-refractivity contribution in [1.82, 2.24) is 0 Å². The predicted octanol–water partition coefficient (Wildman–Crippen LogP) is 3.16. The Morgan fingerprint density at radius 1 is 1.37 bits per heavy atom. The van der Waals surface area contributed by atoms with Crippen LogP contribution in [0.4, 0.5) is 0 Å². The number of ether oxygens (including phenoxy) is 3. The summed E-state index contributed by atoms with van der Waals surface area (Å²) in [5.74, 6) is 1.18. The highest BCUT2D eigenvalue weighted by Gasteiger charge is 2.70. The summed E-state index contributed by atoms with van der Waals surface area (Å²) < 4.78 is 17.8. The summed E-state index contributed by atoms with van der Waals surface area (Å²) in [5, 5.41) is 0. The van der Waals surface area contributed by atoms with Crippen LogP contribution in [-0.4, -0.2) is 37.1 Å². The van der Waals surface area contributed by atoms with Crippen LogP contribution in [0.15, 0.2) is 0 Å². The fraction of sp³-hybridized carbons (Fsp3) is 1.00. The molecular weight excluding hydrogens is 240 g/mol. The van der Waals surface area contributed by atoms with Crippen LogP contribution in [0.25, 0.3) is 0 Å². The van der Waals surface area contributed by atoms with Crippen molar-refractivity contribution in [3.05, 3.63) is 0 Å². The Kier molecular flexibility index (Phi) is 3.43. The minimum atomic E-state index is -0.00745. The van der Waals surface area contributed by atoms with E-state index < -0.39 is 0 Å².